The Morgan fingerprint density at radius 2 is 1.04 bits per heavy atom. The van der Waals surface area contributed by atoms with Crippen molar-refractivity contribution < 1.29 is 27.2 Å². The van der Waals surface area contributed by atoms with E-state index in [0.717, 1.165) is 0 Å². The second-order valence-electron chi connectivity index (χ2n) is 6.48. The third-order valence-electron chi connectivity index (χ3n) is 3.06. The van der Waals surface area contributed by atoms with Gasteiger partial charge in [0.05, 0.1) is 12.2 Å². The zero-order valence-electron chi connectivity index (χ0n) is 16.0. The molecule has 0 fully saturated rings. The molecule has 2 rings (SSSR count). The van der Waals surface area contributed by atoms with Gasteiger partial charge in [-0.1, -0.05) is 36.4 Å². The van der Waals surface area contributed by atoms with Crippen molar-refractivity contribution in [2.45, 2.75) is 39.9 Å². The SMILES string of the molecule is CC(C)OP(=O)(CP(=O)(Oc1ccccc1)Oc1ccccc1)OC(C)C. The highest BCUT2D eigenvalue weighted by atomic mass is 31.2. The molecule has 27 heavy (non-hydrogen) atoms. The summed E-state index contributed by atoms with van der Waals surface area (Å²) < 4.78 is 49.2. The molecule has 0 aliphatic carbocycles. The minimum absolute atomic E-state index is 0.345. The molecule has 0 radical (unpaired) electrons. The number of benzene rings is 2. The third kappa shape index (κ3) is 7.51. The van der Waals surface area contributed by atoms with Crippen LogP contribution in [0.15, 0.2) is 60.7 Å². The molecule has 0 saturated carbocycles. The van der Waals surface area contributed by atoms with Crippen molar-refractivity contribution in [1.82, 2.24) is 0 Å². The van der Waals surface area contributed by atoms with Gasteiger partial charge < -0.3 is 18.1 Å². The average Bonchev–Trinajstić information content (AvgIpc) is 2.54. The molecule has 8 heteroatoms. The Morgan fingerprint density at radius 1 is 0.667 bits per heavy atom. The van der Waals surface area contributed by atoms with Crippen molar-refractivity contribution in [3.05, 3.63) is 60.7 Å². The molecule has 0 heterocycles. The standard InChI is InChI=1S/C19H26O6P2/c1-16(2)22-26(20,23-17(3)4)15-27(21,24-18-11-7-5-8-12-18)25-19-13-9-6-10-14-19/h5-14,16-17H,15H2,1-4H3. The fourth-order valence-corrected chi connectivity index (χ4v) is 7.26. The maximum absolute atomic E-state index is 13.6. The molecular formula is C19H26O6P2. The minimum atomic E-state index is -3.91. The summed E-state index contributed by atoms with van der Waals surface area (Å²) in [6.07, 6.45) is -0.757. The van der Waals surface area contributed by atoms with E-state index in [1.807, 2.05) is 12.1 Å². The van der Waals surface area contributed by atoms with Gasteiger partial charge in [-0.3, -0.25) is 4.57 Å². The fraction of sp³-hybridized carbons (Fsp3) is 0.368. The molecular weight excluding hydrogens is 386 g/mol. The van der Waals surface area contributed by atoms with Crippen LogP contribution in [0.4, 0.5) is 0 Å². The second-order valence-corrected chi connectivity index (χ2v) is 10.8. The monoisotopic (exact) mass is 412 g/mol. The fourth-order valence-electron chi connectivity index (χ4n) is 2.31. The van der Waals surface area contributed by atoms with Gasteiger partial charge in [0.25, 0.3) is 0 Å². The highest BCUT2D eigenvalue weighted by molar-refractivity contribution is 7.71. The van der Waals surface area contributed by atoms with Crippen LogP contribution in [-0.4, -0.2) is 18.1 Å². The van der Waals surface area contributed by atoms with Crippen LogP contribution in [-0.2, 0) is 18.2 Å². The van der Waals surface area contributed by atoms with Crippen LogP contribution in [0, 0.1) is 0 Å². The van der Waals surface area contributed by atoms with Gasteiger partial charge in [0.15, 0.2) is 5.90 Å². The quantitative estimate of drug-likeness (QED) is 0.424. The molecule has 2 aromatic rings. The van der Waals surface area contributed by atoms with Crippen molar-refractivity contribution in [2.75, 3.05) is 5.90 Å². The summed E-state index contributed by atoms with van der Waals surface area (Å²) in [5.74, 6) is 0.190. The van der Waals surface area contributed by atoms with Crippen LogP contribution >= 0.6 is 15.2 Å². The van der Waals surface area contributed by atoms with E-state index >= 15 is 0 Å². The zero-order chi connectivity index (χ0) is 19.9. The second kappa shape index (κ2) is 9.57. The number of rotatable bonds is 10. The molecule has 0 spiro atoms. The molecule has 0 aliphatic rings. The van der Waals surface area contributed by atoms with Crippen LogP contribution < -0.4 is 9.05 Å². The molecule has 0 unspecified atom stereocenters. The van der Waals surface area contributed by atoms with Crippen LogP contribution in [0.5, 0.6) is 11.5 Å². The number of hydrogen-bond acceptors (Lipinski definition) is 6. The summed E-state index contributed by atoms with van der Waals surface area (Å²) in [7, 11) is -7.65. The Hall–Kier alpha value is -1.58. The number of hydrogen-bond donors (Lipinski definition) is 0. The van der Waals surface area contributed by atoms with E-state index in [0.29, 0.717) is 11.5 Å². The van der Waals surface area contributed by atoms with E-state index in [2.05, 4.69) is 0 Å². The van der Waals surface area contributed by atoms with Crippen LogP contribution in [0.1, 0.15) is 27.7 Å². The van der Waals surface area contributed by atoms with E-state index in [1.54, 1.807) is 76.2 Å². The third-order valence-corrected chi connectivity index (χ3v) is 8.30. The van der Waals surface area contributed by atoms with Gasteiger partial charge in [-0.15, -0.1) is 0 Å². The largest absolute Gasteiger partial charge is 0.442 e. The predicted molar refractivity (Wildman–Crippen MR) is 107 cm³/mol. The first kappa shape index (κ1) is 21.7. The molecule has 0 aliphatic heterocycles. The molecule has 0 N–H and O–H groups in total. The maximum Gasteiger partial charge on any atom is 0.442 e. The first-order valence-electron chi connectivity index (χ1n) is 8.74. The van der Waals surface area contributed by atoms with Gasteiger partial charge in [-0.05, 0) is 52.0 Å². The summed E-state index contributed by atoms with van der Waals surface area (Å²) in [5.41, 5.74) is 0. The summed E-state index contributed by atoms with van der Waals surface area (Å²) in [6, 6.07) is 17.2. The lowest BCUT2D eigenvalue weighted by molar-refractivity contribution is 0.144. The first-order chi connectivity index (χ1) is 12.7. The van der Waals surface area contributed by atoms with Gasteiger partial charge in [-0.2, -0.15) is 0 Å². The highest BCUT2D eigenvalue weighted by Crippen LogP contribution is 2.64. The van der Waals surface area contributed by atoms with Crippen molar-refractivity contribution in [1.29, 1.82) is 0 Å². The Kier molecular flexibility index (Phi) is 7.69. The van der Waals surface area contributed by atoms with E-state index in [4.69, 9.17) is 18.1 Å². The summed E-state index contributed by atoms with van der Waals surface area (Å²) >= 11 is 0. The van der Waals surface area contributed by atoms with Crippen LogP contribution in [0.2, 0.25) is 0 Å². The molecule has 0 saturated heterocycles. The zero-order valence-corrected chi connectivity index (χ0v) is 17.8. The summed E-state index contributed by atoms with van der Waals surface area (Å²) in [6.45, 7) is 6.93. The molecule has 148 valence electrons. The molecule has 2 aromatic carbocycles. The van der Waals surface area contributed by atoms with E-state index in [9.17, 15) is 9.13 Å². The van der Waals surface area contributed by atoms with Crippen molar-refractivity contribution in [3.63, 3.8) is 0 Å². The van der Waals surface area contributed by atoms with E-state index in [1.165, 1.54) is 0 Å². The normalized spacial score (nSPS) is 12.4. The Labute approximate surface area is 160 Å². The first-order valence-corrected chi connectivity index (χ1v) is 12.2. The smallest absolute Gasteiger partial charge is 0.416 e. The number of para-hydroxylation sites is 2. The Bertz CT molecular complexity index is 733. The molecule has 0 aromatic heterocycles. The molecule has 0 atom stereocenters. The lowest BCUT2D eigenvalue weighted by Crippen LogP contribution is -2.14. The van der Waals surface area contributed by atoms with E-state index < -0.39 is 21.1 Å². The summed E-state index contributed by atoms with van der Waals surface area (Å²) in [5, 5.41) is 0. The van der Waals surface area contributed by atoms with Gasteiger partial charge in [0.2, 0.25) is 0 Å². The van der Waals surface area contributed by atoms with Crippen molar-refractivity contribution >= 4 is 15.2 Å². The van der Waals surface area contributed by atoms with Crippen LogP contribution in [0.25, 0.3) is 0 Å². The van der Waals surface area contributed by atoms with Gasteiger partial charge in [0, 0.05) is 0 Å². The van der Waals surface area contributed by atoms with Gasteiger partial charge >= 0.3 is 15.2 Å². The Balaban J connectivity index is 2.34. The van der Waals surface area contributed by atoms with Crippen molar-refractivity contribution in [3.8, 4) is 11.5 Å². The lowest BCUT2D eigenvalue weighted by atomic mass is 10.3. The van der Waals surface area contributed by atoms with E-state index in [-0.39, 0.29) is 12.2 Å². The summed E-state index contributed by atoms with van der Waals surface area (Å²) in [4.78, 5) is 0. The highest BCUT2D eigenvalue weighted by Gasteiger charge is 2.42. The lowest BCUT2D eigenvalue weighted by Gasteiger charge is -2.26. The Morgan fingerprint density at radius 3 is 1.37 bits per heavy atom. The molecule has 0 amide bonds. The molecule has 6 nitrogen and oxygen atoms in total. The predicted octanol–water partition coefficient (Wildman–Crippen LogP) is 6.34. The van der Waals surface area contributed by atoms with Gasteiger partial charge in [0.1, 0.15) is 11.5 Å². The van der Waals surface area contributed by atoms with Crippen LogP contribution in [0.3, 0.4) is 0 Å². The van der Waals surface area contributed by atoms with Gasteiger partial charge in [-0.25, -0.2) is 4.57 Å². The maximum atomic E-state index is 13.6. The minimum Gasteiger partial charge on any atom is -0.416 e. The average molecular weight is 412 g/mol. The molecule has 0 bridgehead atoms. The van der Waals surface area contributed by atoms with Crippen molar-refractivity contribution in [2.24, 2.45) is 0 Å². The topological polar surface area (TPSA) is 71.1 Å².